The number of rotatable bonds is 11. The Morgan fingerprint density at radius 2 is 0.860 bits per heavy atom. The molecule has 0 bridgehead atoms. The molecule has 43 heavy (non-hydrogen) atoms. The highest BCUT2D eigenvalue weighted by Gasteiger charge is 2.19. The second-order valence-corrected chi connectivity index (χ2v) is 11.6. The normalized spacial score (nSPS) is 11.5. The quantitative estimate of drug-likeness (QED) is 0.143. The van der Waals surface area contributed by atoms with E-state index in [0.717, 1.165) is 43.1 Å². The topological polar surface area (TPSA) is 55.5 Å². The number of nitrogens with zero attached hydrogens (tertiary/aromatic N) is 1. The number of benzene rings is 4. The molecule has 0 aliphatic carbocycles. The first-order valence-electron chi connectivity index (χ1n) is 15.7. The highest BCUT2D eigenvalue weighted by atomic mass is 16.1. The van der Waals surface area contributed by atoms with Gasteiger partial charge in [0.2, 0.25) is 0 Å². The van der Waals surface area contributed by atoms with Gasteiger partial charge in [0.25, 0.3) is 0 Å². The minimum absolute atomic E-state index is 0.0163. The summed E-state index contributed by atoms with van der Waals surface area (Å²) in [7, 11) is 0. The van der Waals surface area contributed by atoms with Crippen LogP contribution in [0.5, 0.6) is 0 Å². The van der Waals surface area contributed by atoms with Crippen LogP contribution in [0.25, 0.3) is 0 Å². The van der Waals surface area contributed by atoms with Gasteiger partial charge < -0.3 is 10.5 Å². The SMILES string of the molecule is CCC(C)(C=NC(c1ccccc1)c1ccccc1)CC.CCC(C)(C=O)CC.NC(c1ccccc1)c1ccccc1. The fourth-order valence-electron chi connectivity index (χ4n) is 4.25. The highest BCUT2D eigenvalue weighted by molar-refractivity contribution is 5.66. The molecule has 3 heteroatoms. The molecule has 0 aliphatic rings. The minimum atomic E-state index is -0.0556. The first-order chi connectivity index (χ1) is 20.7. The number of hydrogen-bond donors (Lipinski definition) is 1. The van der Waals surface area contributed by atoms with Crippen LogP contribution in [0.2, 0.25) is 0 Å². The maximum absolute atomic E-state index is 10.3. The Morgan fingerprint density at radius 3 is 1.12 bits per heavy atom. The van der Waals surface area contributed by atoms with Crippen molar-refractivity contribution in [2.75, 3.05) is 0 Å². The molecule has 3 nitrogen and oxygen atoms in total. The lowest BCUT2D eigenvalue weighted by Crippen LogP contribution is -2.16. The zero-order valence-corrected chi connectivity index (χ0v) is 27.1. The van der Waals surface area contributed by atoms with Crippen molar-refractivity contribution in [3.05, 3.63) is 144 Å². The van der Waals surface area contributed by atoms with Crippen LogP contribution in [0.3, 0.4) is 0 Å². The Hall–Kier alpha value is -3.82. The molecular formula is C40H52N2O. The van der Waals surface area contributed by atoms with Crippen molar-refractivity contribution in [3.63, 3.8) is 0 Å². The molecule has 0 saturated heterocycles. The minimum Gasteiger partial charge on any atom is -0.320 e. The third kappa shape index (κ3) is 11.8. The predicted molar refractivity (Wildman–Crippen MR) is 186 cm³/mol. The largest absolute Gasteiger partial charge is 0.320 e. The third-order valence-corrected chi connectivity index (χ3v) is 8.60. The van der Waals surface area contributed by atoms with Gasteiger partial charge in [0.15, 0.2) is 0 Å². The lowest BCUT2D eigenvalue weighted by molar-refractivity contribution is -0.115. The summed E-state index contributed by atoms with van der Waals surface area (Å²) in [6.45, 7) is 12.8. The van der Waals surface area contributed by atoms with E-state index >= 15 is 0 Å². The number of aliphatic imine (C=N–C) groups is 1. The second-order valence-electron chi connectivity index (χ2n) is 11.6. The van der Waals surface area contributed by atoms with Gasteiger partial charge in [0.05, 0.1) is 12.1 Å². The predicted octanol–water partition coefficient (Wildman–Crippen LogP) is 10.4. The second kappa shape index (κ2) is 18.7. The Labute approximate surface area is 261 Å². The summed E-state index contributed by atoms with van der Waals surface area (Å²) in [5, 5.41) is 0. The summed E-state index contributed by atoms with van der Waals surface area (Å²) in [5.41, 5.74) is 11.0. The van der Waals surface area contributed by atoms with Crippen LogP contribution < -0.4 is 5.73 Å². The molecule has 4 aromatic rings. The summed E-state index contributed by atoms with van der Waals surface area (Å²) in [6.07, 6.45) is 7.34. The van der Waals surface area contributed by atoms with Crippen LogP contribution in [-0.4, -0.2) is 12.5 Å². The van der Waals surface area contributed by atoms with Crippen molar-refractivity contribution in [1.82, 2.24) is 0 Å². The van der Waals surface area contributed by atoms with E-state index in [4.69, 9.17) is 10.7 Å². The molecule has 4 rings (SSSR count). The van der Waals surface area contributed by atoms with Gasteiger partial charge in [-0.3, -0.25) is 4.99 Å². The van der Waals surface area contributed by atoms with Crippen molar-refractivity contribution < 1.29 is 4.79 Å². The smallest absolute Gasteiger partial charge is 0.125 e. The Morgan fingerprint density at radius 1 is 0.558 bits per heavy atom. The standard InChI is InChI=1S/C20H25N.C13H13N.C7H14O/c1-4-20(3,5-2)16-21-19(17-12-8-6-9-13-17)18-14-10-7-11-15-18;14-13(11-7-3-1-4-8-11)12-9-5-2-6-10-12;1-4-7(3,5-2)6-8/h6-16,19H,4-5H2,1-3H3;1-10,13H,14H2;6H,4-5H2,1-3H3. The van der Waals surface area contributed by atoms with Gasteiger partial charge in [-0.05, 0) is 47.9 Å². The van der Waals surface area contributed by atoms with Crippen LogP contribution in [0.4, 0.5) is 0 Å². The van der Waals surface area contributed by atoms with Crippen LogP contribution in [0.15, 0.2) is 126 Å². The van der Waals surface area contributed by atoms with Gasteiger partial charge in [0.1, 0.15) is 6.29 Å². The van der Waals surface area contributed by atoms with Gasteiger partial charge in [-0.2, -0.15) is 0 Å². The molecule has 0 atom stereocenters. The summed E-state index contributed by atoms with van der Waals surface area (Å²) in [5.74, 6) is 0. The summed E-state index contributed by atoms with van der Waals surface area (Å²) in [4.78, 5) is 15.2. The van der Waals surface area contributed by atoms with E-state index in [1.54, 1.807) is 0 Å². The van der Waals surface area contributed by atoms with Crippen LogP contribution in [0.1, 0.15) is 102 Å². The van der Waals surface area contributed by atoms with E-state index in [1.165, 1.54) is 11.1 Å². The zero-order valence-electron chi connectivity index (χ0n) is 27.1. The van der Waals surface area contributed by atoms with E-state index in [0.29, 0.717) is 0 Å². The molecule has 228 valence electrons. The third-order valence-electron chi connectivity index (χ3n) is 8.60. The van der Waals surface area contributed by atoms with Crippen molar-refractivity contribution in [2.24, 2.45) is 21.6 Å². The molecule has 0 spiro atoms. The van der Waals surface area contributed by atoms with Crippen molar-refractivity contribution in [1.29, 1.82) is 0 Å². The first kappa shape index (κ1) is 35.4. The maximum Gasteiger partial charge on any atom is 0.125 e. The van der Waals surface area contributed by atoms with E-state index in [2.05, 4.69) is 112 Å². The summed E-state index contributed by atoms with van der Waals surface area (Å²) >= 11 is 0. The number of nitrogens with two attached hydrogens (primary N) is 1. The number of hydrogen-bond acceptors (Lipinski definition) is 3. The van der Waals surface area contributed by atoms with E-state index in [9.17, 15) is 4.79 Å². The Bertz CT molecular complexity index is 1220. The Balaban J connectivity index is 0.000000252. The van der Waals surface area contributed by atoms with Crippen LogP contribution >= 0.6 is 0 Å². The molecule has 4 aromatic carbocycles. The fourth-order valence-corrected chi connectivity index (χ4v) is 4.25. The van der Waals surface area contributed by atoms with Gasteiger partial charge in [-0.1, -0.05) is 163 Å². The van der Waals surface area contributed by atoms with Crippen LogP contribution in [-0.2, 0) is 4.79 Å². The van der Waals surface area contributed by atoms with E-state index < -0.39 is 0 Å². The van der Waals surface area contributed by atoms with E-state index in [-0.39, 0.29) is 22.9 Å². The zero-order chi connectivity index (χ0) is 31.6. The van der Waals surface area contributed by atoms with Gasteiger partial charge in [-0.25, -0.2) is 0 Å². The molecule has 0 aromatic heterocycles. The summed E-state index contributed by atoms with van der Waals surface area (Å²) in [6, 6.07) is 41.4. The van der Waals surface area contributed by atoms with Crippen molar-refractivity contribution >= 4 is 12.5 Å². The number of aldehydes is 1. The molecule has 0 fully saturated rings. The fraction of sp³-hybridized carbons (Fsp3) is 0.350. The van der Waals surface area contributed by atoms with Crippen molar-refractivity contribution in [2.45, 2.75) is 79.3 Å². The molecule has 0 amide bonds. The summed E-state index contributed by atoms with van der Waals surface area (Å²) < 4.78 is 0. The molecule has 0 unspecified atom stereocenters. The number of carbonyl (C=O) groups excluding carboxylic acids is 1. The molecule has 2 N–H and O–H groups in total. The maximum atomic E-state index is 10.3. The molecule has 0 heterocycles. The van der Waals surface area contributed by atoms with Crippen LogP contribution in [0, 0.1) is 10.8 Å². The average molecular weight is 577 g/mol. The first-order valence-corrected chi connectivity index (χ1v) is 15.7. The van der Waals surface area contributed by atoms with E-state index in [1.807, 2.05) is 57.2 Å². The van der Waals surface area contributed by atoms with Gasteiger partial charge >= 0.3 is 0 Å². The molecule has 0 saturated carbocycles. The van der Waals surface area contributed by atoms with Gasteiger partial charge in [-0.15, -0.1) is 0 Å². The molecule has 0 radical (unpaired) electrons. The Kier molecular flexibility index (Phi) is 15.4. The monoisotopic (exact) mass is 576 g/mol. The van der Waals surface area contributed by atoms with Gasteiger partial charge in [0, 0.05) is 17.0 Å². The van der Waals surface area contributed by atoms with Crippen molar-refractivity contribution in [3.8, 4) is 0 Å². The molecular weight excluding hydrogens is 524 g/mol. The lowest BCUT2D eigenvalue weighted by Gasteiger charge is -2.22. The lowest BCUT2D eigenvalue weighted by atomic mass is 9.86. The molecule has 0 aliphatic heterocycles. The highest BCUT2D eigenvalue weighted by Crippen LogP contribution is 2.29. The average Bonchev–Trinajstić information content (AvgIpc) is 3.10. The number of carbonyl (C=O) groups is 1.